The van der Waals surface area contributed by atoms with Crippen LogP contribution in [0.4, 0.5) is 5.82 Å². The topological polar surface area (TPSA) is 139 Å². The molecule has 1 amide bonds. The van der Waals surface area contributed by atoms with Crippen molar-refractivity contribution in [2.24, 2.45) is 28.8 Å². The number of amides is 1. The van der Waals surface area contributed by atoms with Crippen LogP contribution in [0.3, 0.4) is 0 Å². The van der Waals surface area contributed by atoms with Gasteiger partial charge in [0.25, 0.3) is 0 Å². The van der Waals surface area contributed by atoms with E-state index in [1.54, 1.807) is 26.4 Å². The normalized spacial score (nSPS) is 14.2. The van der Waals surface area contributed by atoms with Crippen LogP contribution in [0, 0.1) is 23.7 Å². The van der Waals surface area contributed by atoms with Gasteiger partial charge in [0.2, 0.25) is 5.91 Å². The van der Waals surface area contributed by atoms with E-state index in [1.165, 1.54) is 6.20 Å². The average Bonchev–Trinajstić information content (AvgIpc) is 2.94. The summed E-state index contributed by atoms with van der Waals surface area (Å²) in [6.45, 7) is 9.18. The number of rotatable bonds is 18. The largest absolute Gasteiger partial charge is 0.493 e. The monoisotopic (exact) mass is 589 g/mol. The number of nitrogens with one attached hydrogen (secondary N) is 1. The minimum Gasteiger partial charge on any atom is -0.493 e. The number of benzene rings is 1. The third kappa shape index (κ3) is 11.4. The number of methoxy groups -OCH3 is 2. The molecule has 41 heavy (non-hydrogen) atoms. The van der Waals surface area contributed by atoms with Gasteiger partial charge in [-0.3, -0.25) is 4.79 Å². The quantitative estimate of drug-likeness (QED) is 0.0857. The summed E-state index contributed by atoms with van der Waals surface area (Å²) in [5.41, 5.74) is 10.4. The van der Waals surface area contributed by atoms with Crippen LogP contribution in [0.1, 0.15) is 52.5 Å². The maximum absolute atomic E-state index is 13.1. The summed E-state index contributed by atoms with van der Waals surface area (Å²) >= 11 is 5.90. The molecule has 2 rings (SSSR count). The molecule has 0 saturated heterocycles. The van der Waals surface area contributed by atoms with Gasteiger partial charge in [-0.2, -0.15) is 0 Å². The first-order chi connectivity index (χ1) is 19.6. The number of nitrogens with zero attached hydrogens (tertiary/aromatic N) is 4. The van der Waals surface area contributed by atoms with Crippen molar-refractivity contribution in [2.45, 2.75) is 65.5 Å². The van der Waals surface area contributed by atoms with E-state index in [2.05, 4.69) is 34.2 Å². The number of hydrogen-bond donors (Lipinski definition) is 2. The number of anilines is 1. The van der Waals surface area contributed by atoms with Crippen LogP contribution in [0.5, 0.6) is 11.5 Å². The van der Waals surface area contributed by atoms with Crippen LogP contribution >= 0.6 is 11.6 Å². The van der Waals surface area contributed by atoms with Crippen molar-refractivity contribution in [3.05, 3.63) is 57.6 Å². The molecule has 4 atom stereocenters. The molecule has 0 unspecified atom stereocenters. The highest BCUT2D eigenvalue weighted by Gasteiger charge is 2.31. The number of halogens is 1. The maximum atomic E-state index is 13.1. The van der Waals surface area contributed by atoms with Crippen LogP contribution in [0.2, 0.25) is 5.02 Å². The fraction of sp³-hybridized carbons (Fsp3) is 0.600. The SMILES string of the molecule is COCCCOc1cc(C[C@@H](C[C@H](N=[N+]=[N-])[C@@H](O)C[C@H](C(=O)Nc2ccc(Cl)cn2)C(C)C)C(C)C)ccc1OC. The molecule has 0 aliphatic rings. The second-order valence-electron chi connectivity index (χ2n) is 10.9. The van der Waals surface area contributed by atoms with Crippen LogP contribution in [-0.2, 0) is 16.0 Å². The molecule has 0 aliphatic carbocycles. The summed E-state index contributed by atoms with van der Waals surface area (Å²) < 4.78 is 16.5. The first-order valence-electron chi connectivity index (χ1n) is 14.0. The van der Waals surface area contributed by atoms with Crippen molar-refractivity contribution in [1.29, 1.82) is 0 Å². The Morgan fingerprint density at radius 1 is 1.10 bits per heavy atom. The second-order valence-corrected chi connectivity index (χ2v) is 11.3. The standard InChI is InChI=1S/C30H44ClN5O5/c1-19(2)22(14-21-8-10-27(40-6)28(15-21)41-13-7-12-39-5)16-25(35-36-32)26(37)17-24(20(3)4)30(38)34-29-11-9-23(31)18-33-29/h8-11,15,18-20,22,24-26,37H,7,12-14,16-17H2,1-6H3,(H,33,34,38)/t22-,24-,25-,26-/m0/s1. The van der Waals surface area contributed by atoms with Crippen molar-refractivity contribution >= 4 is 23.3 Å². The van der Waals surface area contributed by atoms with Crippen molar-refractivity contribution in [2.75, 3.05) is 32.8 Å². The lowest BCUT2D eigenvalue weighted by Crippen LogP contribution is -2.36. The van der Waals surface area contributed by atoms with Gasteiger partial charge in [0.05, 0.1) is 30.9 Å². The molecule has 0 spiro atoms. The highest BCUT2D eigenvalue weighted by atomic mass is 35.5. The van der Waals surface area contributed by atoms with Gasteiger partial charge in [-0.15, -0.1) is 0 Å². The summed E-state index contributed by atoms with van der Waals surface area (Å²) in [7, 11) is 3.26. The van der Waals surface area contributed by atoms with Gasteiger partial charge in [-0.25, -0.2) is 4.98 Å². The van der Waals surface area contributed by atoms with Crippen molar-refractivity contribution in [3.8, 4) is 11.5 Å². The summed E-state index contributed by atoms with van der Waals surface area (Å²) in [5, 5.41) is 18.5. The first kappa shape index (κ1) is 34.2. The number of carbonyl (C=O) groups is 1. The molecular formula is C30H44ClN5O5. The Balaban J connectivity index is 2.15. The Labute approximate surface area is 248 Å². The van der Waals surface area contributed by atoms with Crippen LogP contribution < -0.4 is 14.8 Å². The van der Waals surface area contributed by atoms with E-state index < -0.39 is 18.1 Å². The lowest BCUT2D eigenvalue weighted by Gasteiger charge is -2.29. The zero-order valence-electron chi connectivity index (χ0n) is 24.9. The zero-order valence-corrected chi connectivity index (χ0v) is 25.7. The molecule has 2 N–H and O–H groups in total. The van der Waals surface area contributed by atoms with Crippen molar-refractivity contribution in [1.82, 2.24) is 4.98 Å². The van der Waals surface area contributed by atoms with E-state index in [4.69, 9.17) is 25.8 Å². The molecule has 11 heteroatoms. The molecule has 0 saturated carbocycles. The smallest absolute Gasteiger partial charge is 0.228 e. The van der Waals surface area contributed by atoms with Crippen LogP contribution in [0.25, 0.3) is 10.4 Å². The van der Waals surface area contributed by atoms with Crippen molar-refractivity contribution in [3.63, 3.8) is 0 Å². The van der Waals surface area contributed by atoms with Crippen LogP contribution in [-0.4, -0.2) is 55.6 Å². The second kappa shape index (κ2) is 17.7. The van der Waals surface area contributed by atoms with Gasteiger partial charge in [0.15, 0.2) is 11.5 Å². The van der Waals surface area contributed by atoms with Gasteiger partial charge in [-0.05, 0) is 72.4 Å². The average molecular weight is 590 g/mol. The Morgan fingerprint density at radius 2 is 1.85 bits per heavy atom. The molecule has 0 fully saturated rings. The highest BCUT2D eigenvalue weighted by molar-refractivity contribution is 6.30. The van der Waals surface area contributed by atoms with E-state index >= 15 is 0 Å². The Morgan fingerprint density at radius 3 is 2.44 bits per heavy atom. The number of pyridine rings is 1. The Bertz CT molecular complexity index is 1120. The van der Waals surface area contributed by atoms with Gasteiger partial charge in [0, 0.05) is 37.2 Å². The molecule has 2 aromatic rings. The molecule has 1 aromatic heterocycles. The molecule has 1 aromatic carbocycles. The fourth-order valence-corrected chi connectivity index (χ4v) is 4.78. The van der Waals surface area contributed by atoms with Gasteiger partial charge in [0.1, 0.15) is 5.82 Å². The molecule has 0 aliphatic heterocycles. The van der Waals surface area contributed by atoms with E-state index in [0.717, 1.165) is 12.0 Å². The molecule has 0 radical (unpaired) electrons. The highest BCUT2D eigenvalue weighted by Crippen LogP contribution is 2.32. The number of azide groups is 1. The van der Waals surface area contributed by atoms with E-state index in [1.807, 2.05) is 32.0 Å². The molecule has 1 heterocycles. The van der Waals surface area contributed by atoms with Gasteiger partial charge in [-0.1, -0.05) is 50.5 Å². The predicted molar refractivity (Wildman–Crippen MR) is 161 cm³/mol. The molecule has 0 bridgehead atoms. The Kier molecular flexibility index (Phi) is 14.8. The number of aromatic nitrogens is 1. The van der Waals surface area contributed by atoms with E-state index in [-0.39, 0.29) is 30.1 Å². The fourth-order valence-electron chi connectivity index (χ4n) is 4.67. The maximum Gasteiger partial charge on any atom is 0.228 e. The first-order valence-corrected chi connectivity index (χ1v) is 14.4. The van der Waals surface area contributed by atoms with E-state index in [0.29, 0.717) is 48.4 Å². The summed E-state index contributed by atoms with van der Waals surface area (Å²) in [6.07, 6.45) is 2.52. The number of hydrogen-bond acceptors (Lipinski definition) is 7. The summed E-state index contributed by atoms with van der Waals surface area (Å²) in [5.74, 6) is 1.20. The number of aliphatic hydroxyl groups excluding tert-OH is 1. The minimum absolute atomic E-state index is 0.0637. The minimum atomic E-state index is -1.00. The Hall–Kier alpha value is -3.04. The van der Waals surface area contributed by atoms with Gasteiger partial charge >= 0.3 is 0 Å². The lowest BCUT2D eigenvalue weighted by atomic mass is 9.80. The summed E-state index contributed by atoms with van der Waals surface area (Å²) in [6, 6.07) is 8.44. The third-order valence-corrected chi connectivity index (χ3v) is 7.45. The lowest BCUT2D eigenvalue weighted by molar-refractivity contribution is -0.122. The van der Waals surface area contributed by atoms with Crippen LogP contribution in [0.15, 0.2) is 41.6 Å². The molecule has 226 valence electrons. The predicted octanol–water partition coefficient (Wildman–Crippen LogP) is 6.70. The van der Waals surface area contributed by atoms with Crippen molar-refractivity contribution < 1.29 is 24.1 Å². The zero-order chi connectivity index (χ0) is 30.4. The van der Waals surface area contributed by atoms with E-state index in [9.17, 15) is 15.4 Å². The number of aliphatic hydroxyl groups is 1. The number of carbonyl (C=O) groups excluding carboxylic acids is 1. The van der Waals surface area contributed by atoms with Gasteiger partial charge < -0.3 is 24.6 Å². The molecular weight excluding hydrogens is 546 g/mol. The molecule has 10 nitrogen and oxygen atoms in total. The third-order valence-electron chi connectivity index (χ3n) is 7.22. The summed E-state index contributed by atoms with van der Waals surface area (Å²) in [4.78, 5) is 20.3. The number of ether oxygens (including phenoxy) is 3.